The fourth-order valence-electron chi connectivity index (χ4n) is 2.01. The molecular weight excluding hydrogens is 226 g/mol. The summed E-state index contributed by atoms with van der Waals surface area (Å²) in [5, 5.41) is 0. The maximum atomic E-state index is 6.04. The molecule has 0 aromatic heterocycles. The molecule has 1 atom stereocenters. The van der Waals surface area contributed by atoms with E-state index in [1.165, 1.54) is 34.0 Å². The van der Waals surface area contributed by atoms with Crippen LogP contribution in [0.4, 0.5) is 0 Å². The van der Waals surface area contributed by atoms with E-state index in [1.807, 2.05) is 0 Å². The van der Waals surface area contributed by atoms with E-state index in [0.29, 0.717) is 0 Å². The van der Waals surface area contributed by atoms with Gasteiger partial charge in [-0.1, -0.05) is 28.1 Å². The van der Waals surface area contributed by atoms with Gasteiger partial charge >= 0.3 is 0 Å². The van der Waals surface area contributed by atoms with Crippen molar-refractivity contribution in [1.82, 2.24) is 0 Å². The van der Waals surface area contributed by atoms with E-state index >= 15 is 0 Å². The second kappa shape index (κ2) is 3.43. The van der Waals surface area contributed by atoms with Crippen LogP contribution >= 0.6 is 15.9 Å². The number of fused-ring (bicyclic) bond motifs is 1. The van der Waals surface area contributed by atoms with Crippen LogP contribution in [0.15, 0.2) is 16.6 Å². The van der Waals surface area contributed by atoms with Gasteiger partial charge in [-0.15, -0.1) is 0 Å². The molecule has 0 bridgehead atoms. The van der Waals surface area contributed by atoms with E-state index in [0.717, 1.165) is 6.42 Å². The summed E-state index contributed by atoms with van der Waals surface area (Å²) < 4.78 is 1.26. The van der Waals surface area contributed by atoms with Crippen LogP contribution in [-0.2, 0) is 6.42 Å². The van der Waals surface area contributed by atoms with Crippen LogP contribution in [0.25, 0.3) is 0 Å². The minimum absolute atomic E-state index is 0.251. The molecule has 0 spiro atoms. The van der Waals surface area contributed by atoms with Crippen molar-refractivity contribution in [2.24, 2.45) is 5.73 Å². The molecule has 0 heterocycles. The Morgan fingerprint density at radius 2 is 2.23 bits per heavy atom. The van der Waals surface area contributed by atoms with Gasteiger partial charge in [0.2, 0.25) is 0 Å². The first-order valence-corrected chi connectivity index (χ1v) is 5.53. The largest absolute Gasteiger partial charge is 0.324 e. The average Bonchev–Trinajstić information content (AvgIpc) is 2.12. The lowest BCUT2D eigenvalue weighted by Crippen LogP contribution is -2.17. The zero-order valence-corrected chi connectivity index (χ0v) is 9.39. The molecule has 1 nitrogen and oxygen atoms in total. The van der Waals surface area contributed by atoms with Crippen LogP contribution in [0.2, 0.25) is 0 Å². The summed E-state index contributed by atoms with van der Waals surface area (Å²) in [6.45, 7) is 2.13. The third kappa shape index (κ3) is 1.53. The minimum atomic E-state index is 0.251. The third-order valence-electron chi connectivity index (χ3n) is 2.81. The van der Waals surface area contributed by atoms with Crippen molar-refractivity contribution in [3.8, 4) is 0 Å². The van der Waals surface area contributed by atoms with Gasteiger partial charge < -0.3 is 5.73 Å². The highest BCUT2D eigenvalue weighted by Crippen LogP contribution is 2.34. The highest BCUT2D eigenvalue weighted by Gasteiger charge is 2.19. The second-order valence-corrected chi connectivity index (χ2v) is 4.56. The maximum absolute atomic E-state index is 6.04. The summed E-state index contributed by atoms with van der Waals surface area (Å²) in [5.74, 6) is 0. The first kappa shape index (κ1) is 9.22. The van der Waals surface area contributed by atoms with E-state index in [1.54, 1.807) is 0 Å². The molecule has 0 saturated carbocycles. The summed E-state index contributed by atoms with van der Waals surface area (Å²) in [6, 6.07) is 4.58. The molecule has 2 heteroatoms. The Hall–Kier alpha value is -0.340. The SMILES string of the molecule is Cc1ccc2c(c1Br)CCCC2N. The van der Waals surface area contributed by atoms with Crippen molar-refractivity contribution in [2.75, 3.05) is 0 Å². The molecule has 0 radical (unpaired) electrons. The van der Waals surface area contributed by atoms with Crippen LogP contribution in [0.5, 0.6) is 0 Å². The number of rotatable bonds is 0. The zero-order chi connectivity index (χ0) is 9.42. The first-order valence-electron chi connectivity index (χ1n) is 4.73. The molecule has 1 aromatic rings. The quantitative estimate of drug-likeness (QED) is 0.740. The predicted octanol–water partition coefficient (Wildman–Crippen LogP) is 3.09. The Labute approximate surface area is 87.5 Å². The highest BCUT2D eigenvalue weighted by molar-refractivity contribution is 9.10. The lowest BCUT2D eigenvalue weighted by molar-refractivity contribution is 0.568. The second-order valence-electron chi connectivity index (χ2n) is 3.76. The molecule has 1 aromatic carbocycles. The molecule has 0 amide bonds. The predicted molar refractivity (Wildman–Crippen MR) is 58.7 cm³/mol. The van der Waals surface area contributed by atoms with Gasteiger partial charge in [0.25, 0.3) is 0 Å². The summed E-state index contributed by atoms with van der Waals surface area (Å²) in [4.78, 5) is 0. The van der Waals surface area contributed by atoms with E-state index in [9.17, 15) is 0 Å². The molecular formula is C11H14BrN. The molecule has 1 aliphatic rings. The standard InChI is InChI=1S/C11H14BrN/c1-7-5-6-8-9(11(7)12)3-2-4-10(8)13/h5-6,10H,2-4,13H2,1H3. The van der Waals surface area contributed by atoms with Gasteiger partial charge in [0.05, 0.1) is 0 Å². The van der Waals surface area contributed by atoms with E-state index in [4.69, 9.17) is 5.73 Å². The van der Waals surface area contributed by atoms with Gasteiger partial charge in [-0.25, -0.2) is 0 Å². The number of hydrogen-bond acceptors (Lipinski definition) is 1. The van der Waals surface area contributed by atoms with Gasteiger partial charge in [-0.3, -0.25) is 0 Å². The monoisotopic (exact) mass is 239 g/mol. The minimum Gasteiger partial charge on any atom is -0.324 e. The van der Waals surface area contributed by atoms with E-state index in [2.05, 4.69) is 35.0 Å². The smallest absolute Gasteiger partial charge is 0.0298 e. The summed E-state index contributed by atoms with van der Waals surface area (Å²) >= 11 is 3.64. The maximum Gasteiger partial charge on any atom is 0.0298 e. The average molecular weight is 240 g/mol. The fourth-order valence-corrected chi connectivity index (χ4v) is 2.57. The van der Waals surface area contributed by atoms with Crippen LogP contribution in [-0.4, -0.2) is 0 Å². The van der Waals surface area contributed by atoms with Crippen molar-refractivity contribution in [3.63, 3.8) is 0 Å². The Bertz CT molecular complexity index is 333. The topological polar surface area (TPSA) is 26.0 Å². The van der Waals surface area contributed by atoms with Crippen molar-refractivity contribution in [1.29, 1.82) is 0 Å². The summed E-state index contributed by atoms with van der Waals surface area (Å²) in [6.07, 6.45) is 3.52. The Balaban J connectivity index is 2.56. The molecule has 13 heavy (non-hydrogen) atoms. The van der Waals surface area contributed by atoms with E-state index in [-0.39, 0.29) is 6.04 Å². The van der Waals surface area contributed by atoms with Crippen LogP contribution < -0.4 is 5.73 Å². The molecule has 0 aliphatic heterocycles. The normalized spacial score (nSPS) is 21.3. The van der Waals surface area contributed by atoms with Gasteiger partial charge in [0.15, 0.2) is 0 Å². The van der Waals surface area contributed by atoms with E-state index < -0.39 is 0 Å². The first-order chi connectivity index (χ1) is 6.20. The fraction of sp³-hybridized carbons (Fsp3) is 0.455. The number of aryl methyl sites for hydroxylation is 1. The van der Waals surface area contributed by atoms with Gasteiger partial charge in [0, 0.05) is 10.5 Å². The van der Waals surface area contributed by atoms with Gasteiger partial charge in [0.1, 0.15) is 0 Å². The van der Waals surface area contributed by atoms with Crippen LogP contribution in [0, 0.1) is 6.92 Å². The Morgan fingerprint density at radius 3 is 3.00 bits per heavy atom. The lowest BCUT2D eigenvalue weighted by atomic mass is 9.87. The van der Waals surface area contributed by atoms with Crippen LogP contribution in [0.1, 0.15) is 35.6 Å². The van der Waals surface area contributed by atoms with Crippen molar-refractivity contribution in [3.05, 3.63) is 33.3 Å². The van der Waals surface area contributed by atoms with Gasteiger partial charge in [-0.05, 0) is 42.9 Å². The molecule has 0 saturated heterocycles. The third-order valence-corrected chi connectivity index (χ3v) is 3.92. The number of benzene rings is 1. The number of nitrogens with two attached hydrogens (primary N) is 1. The molecule has 0 fully saturated rings. The molecule has 1 unspecified atom stereocenters. The highest BCUT2D eigenvalue weighted by atomic mass is 79.9. The Morgan fingerprint density at radius 1 is 1.46 bits per heavy atom. The zero-order valence-electron chi connectivity index (χ0n) is 7.81. The molecule has 1 aliphatic carbocycles. The molecule has 2 N–H and O–H groups in total. The molecule has 70 valence electrons. The van der Waals surface area contributed by atoms with Gasteiger partial charge in [-0.2, -0.15) is 0 Å². The summed E-state index contributed by atoms with van der Waals surface area (Å²) in [7, 11) is 0. The summed E-state index contributed by atoms with van der Waals surface area (Å²) in [5.41, 5.74) is 10.1. The molecule has 2 rings (SSSR count). The van der Waals surface area contributed by atoms with Crippen LogP contribution in [0.3, 0.4) is 0 Å². The van der Waals surface area contributed by atoms with Crippen molar-refractivity contribution >= 4 is 15.9 Å². The lowest BCUT2D eigenvalue weighted by Gasteiger charge is -2.23. The number of hydrogen-bond donors (Lipinski definition) is 1. The van der Waals surface area contributed by atoms with Crippen molar-refractivity contribution < 1.29 is 0 Å². The number of halogens is 1. The Kier molecular flexibility index (Phi) is 2.43. The van der Waals surface area contributed by atoms with Crippen molar-refractivity contribution in [2.45, 2.75) is 32.2 Å².